The van der Waals surface area contributed by atoms with Gasteiger partial charge in [-0.1, -0.05) is 22.0 Å². The van der Waals surface area contributed by atoms with Gasteiger partial charge in [0.1, 0.15) is 17.7 Å². The zero-order chi connectivity index (χ0) is 14.2. The monoisotopic (exact) mass is 326 g/mol. The summed E-state index contributed by atoms with van der Waals surface area (Å²) in [5.41, 5.74) is 1.54. The van der Waals surface area contributed by atoms with Crippen LogP contribution in [0.15, 0.2) is 34.8 Å². The van der Waals surface area contributed by atoms with Crippen LogP contribution >= 0.6 is 15.9 Å². The molecular formula is C15H13BrF2O. The second-order valence-electron chi connectivity index (χ2n) is 4.53. The lowest BCUT2D eigenvalue weighted by molar-refractivity contribution is 0.213. The zero-order valence-corrected chi connectivity index (χ0v) is 12.1. The third-order valence-electron chi connectivity index (χ3n) is 3.10. The average Bonchev–Trinajstić information content (AvgIpc) is 2.33. The molecular weight excluding hydrogens is 314 g/mol. The van der Waals surface area contributed by atoms with Gasteiger partial charge in [-0.25, -0.2) is 8.78 Å². The van der Waals surface area contributed by atoms with Crippen LogP contribution in [0, 0.1) is 25.5 Å². The fraction of sp³-hybridized carbons (Fsp3) is 0.200. The lowest BCUT2D eigenvalue weighted by atomic mass is 9.96. The molecule has 2 aromatic rings. The summed E-state index contributed by atoms with van der Waals surface area (Å²) >= 11 is 3.32. The van der Waals surface area contributed by atoms with Gasteiger partial charge in [-0.3, -0.25) is 0 Å². The Hall–Kier alpha value is -1.26. The Bertz CT molecular complexity index is 626. The van der Waals surface area contributed by atoms with Gasteiger partial charge in [0.25, 0.3) is 0 Å². The Labute approximate surface area is 119 Å². The molecule has 1 nitrogen and oxygen atoms in total. The van der Waals surface area contributed by atoms with Crippen molar-refractivity contribution >= 4 is 15.9 Å². The lowest BCUT2D eigenvalue weighted by Crippen LogP contribution is -2.06. The van der Waals surface area contributed by atoms with E-state index in [1.165, 1.54) is 6.92 Å². The number of halogens is 3. The van der Waals surface area contributed by atoms with E-state index in [0.717, 1.165) is 22.2 Å². The summed E-state index contributed by atoms with van der Waals surface area (Å²) in [6.07, 6.45) is -1.18. The van der Waals surface area contributed by atoms with Crippen LogP contribution in [0.2, 0.25) is 0 Å². The van der Waals surface area contributed by atoms with Crippen LogP contribution in [-0.4, -0.2) is 5.11 Å². The van der Waals surface area contributed by atoms with E-state index in [-0.39, 0.29) is 11.1 Å². The van der Waals surface area contributed by atoms with E-state index >= 15 is 0 Å². The maximum Gasteiger partial charge on any atom is 0.129 e. The normalized spacial score (nSPS) is 12.5. The predicted octanol–water partition coefficient (Wildman–Crippen LogP) is 4.43. The van der Waals surface area contributed by atoms with E-state index in [9.17, 15) is 13.9 Å². The molecule has 0 aliphatic rings. The van der Waals surface area contributed by atoms with Crippen molar-refractivity contribution < 1.29 is 13.9 Å². The molecule has 0 amide bonds. The van der Waals surface area contributed by atoms with Crippen LogP contribution in [0.5, 0.6) is 0 Å². The van der Waals surface area contributed by atoms with Gasteiger partial charge in [0.2, 0.25) is 0 Å². The molecule has 0 aliphatic carbocycles. The summed E-state index contributed by atoms with van der Waals surface area (Å²) in [7, 11) is 0. The molecule has 0 aliphatic heterocycles. The topological polar surface area (TPSA) is 20.2 Å². The molecule has 2 aromatic carbocycles. The fourth-order valence-electron chi connectivity index (χ4n) is 1.98. The SMILES string of the molecule is Cc1cc(F)c(C(O)c2ccc(Br)cc2C)cc1F. The maximum atomic E-state index is 13.8. The van der Waals surface area contributed by atoms with E-state index < -0.39 is 17.7 Å². The molecule has 0 spiro atoms. The molecule has 1 N–H and O–H groups in total. The molecule has 19 heavy (non-hydrogen) atoms. The molecule has 0 heterocycles. The van der Waals surface area contributed by atoms with Crippen LogP contribution in [-0.2, 0) is 0 Å². The molecule has 0 radical (unpaired) electrons. The van der Waals surface area contributed by atoms with Crippen molar-refractivity contribution in [1.82, 2.24) is 0 Å². The number of hydrogen-bond donors (Lipinski definition) is 1. The molecule has 0 saturated heterocycles. The fourth-order valence-corrected chi connectivity index (χ4v) is 2.46. The first-order valence-electron chi connectivity index (χ1n) is 5.80. The first kappa shape index (κ1) is 14.2. The first-order valence-corrected chi connectivity index (χ1v) is 6.59. The average molecular weight is 327 g/mol. The zero-order valence-electron chi connectivity index (χ0n) is 10.5. The summed E-state index contributed by atoms with van der Waals surface area (Å²) in [6, 6.07) is 7.43. The third-order valence-corrected chi connectivity index (χ3v) is 3.59. The number of aliphatic hydroxyl groups excluding tert-OH is 1. The molecule has 2 rings (SSSR count). The minimum absolute atomic E-state index is 0.0477. The minimum atomic E-state index is -1.18. The van der Waals surface area contributed by atoms with Gasteiger partial charge in [0.15, 0.2) is 0 Å². The van der Waals surface area contributed by atoms with Crippen molar-refractivity contribution in [2.45, 2.75) is 20.0 Å². The van der Waals surface area contributed by atoms with Gasteiger partial charge >= 0.3 is 0 Å². The summed E-state index contributed by atoms with van der Waals surface area (Å²) in [5, 5.41) is 10.2. The highest BCUT2D eigenvalue weighted by Gasteiger charge is 2.18. The molecule has 100 valence electrons. The molecule has 0 fully saturated rings. The highest BCUT2D eigenvalue weighted by Crippen LogP contribution is 2.29. The molecule has 1 unspecified atom stereocenters. The van der Waals surface area contributed by atoms with Crippen molar-refractivity contribution in [2.75, 3.05) is 0 Å². The minimum Gasteiger partial charge on any atom is -0.384 e. The Kier molecular flexibility index (Phi) is 4.02. The highest BCUT2D eigenvalue weighted by atomic mass is 79.9. The van der Waals surface area contributed by atoms with Gasteiger partial charge in [0.05, 0.1) is 0 Å². The maximum absolute atomic E-state index is 13.8. The molecule has 0 aromatic heterocycles. The van der Waals surface area contributed by atoms with Gasteiger partial charge in [-0.15, -0.1) is 0 Å². The van der Waals surface area contributed by atoms with Crippen molar-refractivity contribution in [2.24, 2.45) is 0 Å². The summed E-state index contributed by atoms with van der Waals surface area (Å²) in [4.78, 5) is 0. The van der Waals surface area contributed by atoms with Crippen molar-refractivity contribution in [3.63, 3.8) is 0 Å². The highest BCUT2D eigenvalue weighted by molar-refractivity contribution is 9.10. The number of aryl methyl sites for hydroxylation is 2. The molecule has 0 bridgehead atoms. The van der Waals surface area contributed by atoms with Crippen LogP contribution < -0.4 is 0 Å². The number of benzene rings is 2. The number of aliphatic hydroxyl groups is 1. The molecule has 0 saturated carbocycles. The van der Waals surface area contributed by atoms with Crippen molar-refractivity contribution in [3.8, 4) is 0 Å². The Morgan fingerprint density at radius 3 is 2.26 bits per heavy atom. The lowest BCUT2D eigenvalue weighted by Gasteiger charge is -2.16. The van der Waals surface area contributed by atoms with Crippen LogP contribution in [0.1, 0.15) is 28.4 Å². The van der Waals surface area contributed by atoms with E-state index in [4.69, 9.17) is 0 Å². The third kappa shape index (κ3) is 2.85. The summed E-state index contributed by atoms with van der Waals surface area (Å²) in [6.45, 7) is 3.30. The van der Waals surface area contributed by atoms with Crippen molar-refractivity contribution in [3.05, 3.63) is 68.7 Å². The Morgan fingerprint density at radius 1 is 0.947 bits per heavy atom. The first-order chi connectivity index (χ1) is 8.90. The quantitative estimate of drug-likeness (QED) is 0.865. The summed E-state index contributed by atoms with van der Waals surface area (Å²) in [5.74, 6) is -1.13. The van der Waals surface area contributed by atoms with E-state index in [0.29, 0.717) is 5.56 Å². The summed E-state index contributed by atoms with van der Waals surface area (Å²) < 4.78 is 28.2. The van der Waals surface area contributed by atoms with Gasteiger partial charge in [-0.2, -0.15) is 0 Å². The van der Waals surface area contributed by atoms with Gasteiger partial charge in [0, 0.05) is 10.0 Å². The van der Waals surface area contributed by atoms with Gasteiger partial charge in [-0.05, 0) is 54.8 Å². The smallest absolute Gasteiger partial charge is 0.129 e. The standard InChI is InChI=1S/C15H13BrF2O/c1-8-5-10(16)3-4-11(8)15(19)12-7-13(17)9(2)6-14(12)18/h3-7,15,19H,1-2H3. The van der Waals surface area contributed by atoms with E-state index in [1.54, 1.807) is 12.1 Å². The second kappa shape index (κ2) is 5.39. The van der Waals surface area contributed by atoms with Gasteiger partial charge < -0.3 is 5.11 Å². The van der Waals surface area contributed by atoms with Crippen molar-refractivity contribution in [1.29, 1.82) is 0 Å². The molecule has 1 atom stereocenters. The number of hydrogen-bond acceptors (Lipinski definition) is 1. The van der Waals surface area contributed by atoms with Crippen LogP contribution in [0.4, 0.5) is 8.78 Å². The van der Waals surface area contributed by atoms with Crippen LogP contribution in [0.3, 0.4) is 0 Å². The largest absolute Gasteiger partial charge is 0.384 e. The Balaban J connectivity index is 2.49. The number of rotatable bonds is 2. The van der Waals surface area contributed by atoms with Crippen LogP contribution in [0.25, 0.3) is 0 Å². The predicted molar refractivity (Wildman–Crippen MR) is 74.0 cm³/mol. The van der Waals surface area contributed by atoms with E-state index in [1.807, 2.05) is 13.0 Å². The molecule has 4 heteroatoms. The second-order valence-corrected chi connectivity index (χ2v) is 5.44. The van der Waals surface area contributed by atoms with E-state index in [2.05, 4.69) is 15.9 Å². The Morgan fingerprint density at radius 2 is 1.63 bits per heavy atom.